The van der Waals surface area contributed by atoms with Crippen LogP contribution in [0.25, 0.3) is 0 Å². The van der Waals surface area contributed by atoms with Gasteiger partial charge in [-0.15, -0.1) is 4.40 Å². The molecule has 0 aliphatic carbocycles. The molecule has 0 unspecified atom stereocenters. The molecule has 0 aromatic heterocycles. The van der Waals surface area contributed by atoms with Crippen molar-refractivity contribution in [3.8, 4) is 0 Å². The Balaban J connectivity index is 1.63. The van der Waals surface area contributed by atoms with Crippen LogP contribution >= 0.6 is 11.6 Å². The molecule has 0 spiro atoms. The third-order valence-corrected chi connectivity index (χ3v) is 5.33. The predicted octanol–water partition coefficient (Wildman–Crippen LogP) is 1.88. The molecule has 2 aliphatic rings. The van der Waals surface area contributed by atoms with E-state index in [1.54, 1.807) is 23.3 Å². The van der Waals surface area contributed by atoms with E-state index in [4.69, 9.17) is 11.6 Å². The maximum absolute atomic E-state index is 12.4. The van der Waals surface area contributed by atoms with Crippen LogP contribution in [0.2, 0.25) is 5.02 Å². The van der Waals surface area contributed by atoms with E-state index in [9.17, 15) is 13.2 Å². The van der Waals surface area contributed by atoms with Gasteiger partial charge in [0.2, 0.25) is 0 Å². The molecule has 1 aromatic carbocycles. The van der Waals surface area contributed by atoms with Crippen molar-refractivity contribution >= 4 is 33.4 Å². The number of rotatable bonds is 4. The Morgan fingerprint density at radius 1 is 1.32 bits per heavy atom. The van der Waals surface area contributed by atoms with Gasteiger partial charge in [-0.05, 0) is 43.2 Å². The van der Waals surface area contributed by atoms with Crippen LogP contribution in [0.1, 0.15) is 12.5 Å². The second-order valence-electron chi connectivity index (χ2n) is 6.05. The Hall–Kier alpha value is -2.12. The molecule has 2 heterocycles. The number of nitrogens with zero attached hydrogens (tertiary/aromatic N) is 2. The van der Waals surface area contributed by atoms with Gasteiger partial charge in [0.15, 0.2) is 0 Å². The minimum absolute atomic E-state index is 0.0529. The molecule has 1 aromatic rings. The zero-order valence-electron chi connectivity index (χ0n) is 13.6. The number of benzene rings is 1. The lowest BCUT2D eigenvalue weighted by Crippen LogP contribution is -2.39. The van der Waals surface area contributed by atoms with Crippen molar-refractivity contribution in [1.82, 2.24) is 10.2 Å². The fraction of sp³-hybridized carbons (Fsp3) is 0.294. The van der Waals surface area contributed by atoms with Crippen molar-refractivity contribution in [3.05, 3.63) is 58.8 Å². The number of hydrogen-bond donors (Lipinski definition) is 1. The second kappa shape index (κ2) is 7.01. The van der Waals surface area contributed by atoms with Gasteiger partial charge in [0.05, 0.1) is 11.3 Å². The summed E-state index contributed by atoms with van der Waals surface area (Å²) in [7, 11) is -3.39. The molecule has 132 valence electrons. The number of amidine groups is 1. The Morgan fingerprint density at radius 3 is 2.76 bits per heavy atom. The average Bonchev–Trinajstić information content (AvgIpc) is 2.55. The van der Waals surface area contributed by atoms with Crippen LogP contribution in [0, 0.1) is 0 Å². The summed E-state index contributed by atoms with van der Waals surface area (Å²) < 4.78 is 26.7. The Labute approximate surface area is 151 Å². The van der Waals surface area contributed by atoms with Gasteiger partial charge >= 0.3 is 0 Å². The number of halogens is 1. The summed E-state index contributed by atoms with van der Waals surface area (Å²) in [6.07, 6.45) is 5.46. The summed E-state index contributed by atoms with van der Waals surface area (Å²) in [5, 5.41) is 3.63. The fourth-order valence-electron chi connectivity index (χ4n) is 2.67. The first-order chi connectivity index (χ1) is 11.8. The molecule has 1 N–H and O–H groups in total. The molecule has 0 fully saturated rings. The van der Waals surface area contributed by atoms with Gasteiger partial charge in [0.25, 0.3) is 15.9 Å². The van der Waals surface area contributed by atoms with E-state index in [1.807, 2.05) is 31.2 Å². The van der Waals surface area contributed by atoms with Gasteiger partial charge in [-0.1, -0.05) is 23.7 Å². The molecule has 1 amide bonds. The minimum atomic E-state index is -3.39. The molecular weight excluding hydrogens is 362 g/mol. The number of carbonyl (C=O) groups is 1. The predicted molar refractivity (Wildman–Crippen MR) is 97.9 cm³/mol. The van der Waals surface area contributed by atoms with Gasteiger partial charge in [-0.25, -0.2) is 8.42 Å². The largest absolute Gasteiger partial charge is 0.349 e. The summed E-state index contributed by atoms with van der Waals surface area (Å²) in [6, 6.07) is 7.45. The third-order valence-electron chi connectivity index (χ3n) is 3.92. The summed E-state index contributed by atoms with van der Waals surface area (Å²) in [4.78, 5) is 14.1. The van der Waals surface area contributed by atoms with Crippen LogP contribution in [-0.4, -0.2) is 43.4 Å². The number of fused-ring (bicyclic) bond motifs is 1. The minimum Gasteiger partial charge on any atom is -0.349 e. The SMILES string of the molecule is C[C@@H](Cc1ccc(Cl)cc1)NC(=O)C1=CN2CCS(=O)(=O)N=C2C=C1. The second-order valence-corrected chi connectivity index (χ2v) is 8.24. The third kappa shape index (κ3) is 4.49. The van der Waals surface area contributed by atoms with Crippen molar-refractivity contribution in [1.29, 1.82) is 0 Å². The molecule has 0 bridgehead atoms. The van der Waals surface area contributed by atoms with Gasteiger partial charge in [-0.3, -0.25) is 4.79 Å². The number of hydrogen-bond acceptors (Lipinski definition) is 4. The van der Waals surface area contributed by atoms with E-state index >= 15 is 0 Å². The maximum Gasteiger partial charge on any atom is 0.256 e. The standard InChI is InChI=1S/C17H18ClN3O3S/c1-12(10-13-2-5-15(18)6-3-13)19-17(22)14-4-7-16-20-25(23,24)9-8-21(16)11-14/h2-7,11-12H,8-10H2,1H3,(H,19,22)/t12-/m0/s1. The summed E-state index contributed by atoms with van der Waals surface area (Å²) in [6.45, 7) is 2.22. The highest BCUT2D eigenvalue weighted by atomic mass is 35.5. The quantitative estimate of drug-likeness (QED) is 0.866. The van der Waals surface area contributed by atoms with Crippen molar-refractivity contribution in [3.63, 3.8) is 0 Å². The molecule has 1 atom stereocenters. The first-order valence-electron chi connectivity index (χ1n) is 7.87. The normalized spacial score (nSPS) is 19.5. The Bertz CT molecular complexity index is 873. The molecule has 0 saturated heterocycles. The topological polar surface area (TPSA) is 78.8 Å². The van der Waals surface area contributed by atoms with Crippen LogP contribution in [-0.2, 0) is 21.2 Å². The number of nitrogens with one attached hydrogen (secondary N) is 1. The van der Waals surface area contributed by atoms with Crippen molar-refractivity contribution in [2.75, 3.05) is 12.3 Å². The van der Waals surface area contributed by atoms with E-state index < -0.39 is 10.0 Å². The Morgan fingerprint density at radius 2 is 2.04 bits per heavy atom. The van der Waals surface area contributed by atoms with Crippen molar-refractivity contribution in [2.45, 2.75) is 19.4 Å². The first kappa shape index (κ1) is 17.7. The number of carbonyl (C=O) groups excluding carboxylic acids is 1. The molecular formula is C17H18ClN3O3S. The van der Waals surface area contributed by atoms with Crippen LogP contribution < -0.4 is 5.32 Å². The van der Waals surface area contributed by atoms with E-state index in [-0.39, 0.29) is 17.7 Å². The first-order valence-corrected chi connectivity index (χ1v) is 9.86. The zero-order valence-corrected chi connectivity index (χ0v) is 15.2. The molecule has 2 aliphatic heterocycles. The number of sulfonamides is 1. The Kier molecular flexibility index (Phi) is 4.96. The highest BCUT2D eigenvalue weighted by molar-refractivity contribution is 7.90. The van der Waals surface area contributed by atoms with Gasteiger partial charge in [0, 0.05) is 23.8 Å². The highest BCUT2D eigenvalue weighted by Crippen LogP contribution is 2.16. The average molecular weight is 380 g/mol. The summed E-state index contributed by atoms with van der Waals surface area (Å²) in [5.41, 5.74) is 1.56. The lowest BCUT2D eigenvalue weighted by molar-refractivity contribution is -0.117. The highest BCUT2D eigenvalue weighted by Gasteiger charge is 2.25. The fourth-order valence-corrected chi connectivity index (χ4v) is 3.76. The van der Waals surface area contributed by atoms with E-state index in [0.29, 0.717) is 29.4 Å². The van der Waals surface area contributed by atoms with Crippen LogP contribution in [0.4, 0.5) is 0 Å². The monoisotopic (exact) mass is 379 g/mol. The maximum atomic E-state index is 12.4. The zero-order chi connectivity index (χ0) is 18.0. The van der Waals surface area contributed by atoms with Crippen LogP contribution in [0.15, 0.2) is 52.6 Å². The molecule has 25 heavy (non-hydrogen) atoms. The summed E-state index contributed by atoms with van der Waals surface area (Å²) >= 11 is 5.87. The molecule has 3 rings (SSSR count). The van der Waals surface area contributed by atoms with Crippen LogP contribution in [0.5, 0.6) is 0 Å². The molecule has 8 heteroatoms. The lowest BCUT2D eigenvalue weighted by Gasteiger charge is -2.27. The van der Waals surface area contributed by atoms with Gasteiger partial charge in [0.1, 0.15) is 5.84 Å². The van der Waals surface area contributed by atoms with Crippen molar-refractivity contribution < 1.29 is 13.2 Å². The summed E-state index contributed by atoms with van der Waals surface area (Å²) in [5.74, 6) is 0.0881. The molecule has 0 radical (unpaired) electrons. The van der Waals surface area contributed by atoms with Gasteiger partial charge in [-0.2, -0.15) is 0 Å². The van der Waals surface area contributed by atoms with E-state index in [2.05, 4.69) is 9.71 Å². The van der Waals surface area contributed by atoms with Gasteiger partial charge < -0.3 is 10.2 Å². The lowest BCUT2D eigenvalue weighted by atomic mass is 10.1. The van der Waals surface area contributed by atoms with E-state index in [1.165, 1.54) is 0 Å². The molecule has 0 saturated carbocycles. The van der Waals surface area contributed by atoms with E-state index in [0.717, 1.165) is 5.56 Å². The van der Waals surface area contributed by atoms with Crippen LogP contribution in [0.3, 0.4) is 0 Å². The smallest absolute Gasteiger partial charge is 0.256 e. The molecule has 6 nitrogen and oxygen atoms in total. The number of amides is 1. The van der Waals surface area contributed by atoms with Crippen molar-refractivity contribution in [2.24, 2.45) is 4.40 Å².